The van der Waals surface area contributed by atoms with Crippen molar-refractivity contribution in [2.24, 2.45) is 0 Å². The molecule has 1 saturated heterocycles. The van der Waals surface area contributed by atoms with Gasteiger partial charge in [-0.25, -0.2) is 19.7 Å². The van der Waals surface area contributed by atoms with Crippen molar-refractivity contribution >= 4 is 23.0 Å². The maximum absolute atomic E-state index is 11.4. The molecule has 2 aromatic rings. The third-order valence-corrected chi connectivity index (χ3v) is 3.69. The van der Waals surface area contributed by atoms with Gasteiger partial charge in [-0.05, 0) is 0 Å². The van der Waals surface area contributed by atoms with E-state index in [2.05, 4.69) is 19.7 Å². The number of carbonyl (C=O) groups is 1. The summed E-state index contributed by atoms with van der Waals surface area (Å²) in [5.74, 6) is -0.836. The van der Waals surface area contributed by atoms with Crippen molar-refractivity contribution < 1.29 is 29.6 Å². The average Bonchev–Trinajstić information content (AvgIpc) is 3.09. The van der Waals surface area contributed by atoms with E-state index in [4.69, 9.17) is 10.5 Å². The molecule has 3 heterocycles. The first-order valence-electron chi connectivity index (χ1n) is 6.66. The normalized spacial score (nSPS) is 28.9. The van der Waals surface area contributed by atoms with Gasteiger partial charge in [0.15, 0.2) is 23.8 Å². The summed E-state index contributed by atoms with van der Waals surface area (Å²) in [7, 11) is 1.09. The number of nitrogens with zero attached hydrogens (tertiary/aromatic N) is 4. The molecule has 23 heavy (non-hydrogen) atoms. The van der Waals surface area contributed by atoms with E-state index in [9.17, 15) is 20.1 Å². The van der Waals surface area contributed by atoms with Crippen molar-refractivity contribution in [1.29, 1.82) is 0 Å². The maximum atomic E-state index is 11.4. The minimum absolute atomic E-state index is 0.146. The summed E-state index contributed by atoms with van der Waals surface area (Å²) in [5, 5.41) is 30.0. The lowest BCUT2D eigenvalue weighted by Gasteiger charge is -2.18. The lowest BCUT2D eigenvalue weighted by atomic mass is 10.1. The molecule has 2 aromatic heterocycles. The van der Waals surface area contributed by atoms with Crippen LogP contribution in [0, 0.1) is 0 Å². The first-order chi connectivity index (χ1) is 11.0. The smallest absolute Gasteiger partial charge is 0.337 e. The van der Waals surface area contributed by atoms with Gasteiger partial charge in [-0.1, -0.05) is 0 Å². The van der Waals surface area contributed by atoms with Crippen molar-refractivity contribution in [3.8, 4) is 0 Å². The number of anilines is 1. The molecule has 124 valence electrons. The zero-order chi connectivity index (χ0) is 16.7. The van der Waals surface area contributed by atoms with Gasteiger partial charge in [-0.3, -0.25) is 4.57 Å². The van der Waals surface area contributed by atoms with Crippen LogP contribution in [0.5, 0.6) is 0 Å². The molecule has 3 rings (SSSR count). The zero-order valence-corrected chi connectivity index (χ0v) is 12.0. The Morgan fingerprint density at radius 1 is 1.39 bits per heavy atom. The number of hydrogen-bond acceptors (Lipinski definition) is 10. The molecule has 1 aliphatic heterocycles. The summed E-state index contributed by atoms with van der Waals surface area (Å²) in [5.41, 5.74) is 6.26. The molecular formula is C12H15N5O6. The van der Waals surface area contributed by atoms with Crippen molar-refractivity contribution in [2.75, 3.05) is 12.8 Å². The summed E-state index contributed by atoms with van der Waals surface area (Å²) in [6, 6.07) is 0. The van der Waals surface area contributed by atoms with Crippen molar-refractivity contribution in [2.45, 2.75) is 30.6 Å². The topological polar surface area (TPSA) is 166 Å². The number of hydrogen-bond donors (Lipinski definition) is 4. The van der Waals surface area contributed by atoms with E-state index in [1.165, 1.54) is 17.2 Å². The minimum Gasteiger partial charge on any atom is -0.467 e. The number of aromatic nitrogens is 4. The average molecular weight is 325 g/mol. The summed E-state index contributed by atoms with van der Waals surface area (Å²) in [6.07, 6.45) is -4.63. The SMILES string of the molecule is COC(=O)C(O)[C@H]1O[C@@H](n2cnc3c(N)ncnc32)[C@H](O)[C@@H]1O. The molecule has 1 fully saturated rings. The molecule has 1 aliphatic rings. The van der Waals surface area contributed by atoms with Gasteiger partial charge in [-0.15, -0.1) is 0 Å². The van der Waals surface area contributed by atoms with Gasteiger partial charge in [0.2, 0.25) is 0 Å². The van der Waals surface area contributed by atoms with Crippen LogP contribution in [0.1, 0.15) is 6.23 Å². The number of fused-ring (bicyclic) bond motifs is 1. The molecule has 0 radical (unpaired) electrons. The number of imidazole rings is 1. The van der Waals surface area contributed by atoms with Gasteiger partial charge in [0.1, 0.15) is 30.2 Å². The minimum atomic E-state index is -1.75. The van der Waals surface area contributed by atoms with E-state index in [0.717, 1.165) is 7.11 Å². The highest BCUT2D eigenvalue weighted by Gasteiger charge is 2.49. The Hall–Kier alpha value is -2.34. The highest BCUT2D eigenvalue weighted by Crippen LogP contribution is 2.33. The fourth-order valence-electron chi connectivity index (χ4n) is 2.49. The standard InChI is InChI=1S/C12H15N5O6/c1-22-12(21)7(20)8-5(18)6(19)11(23-8)17-3-16-4-9(13)14-2-15-10(4)17/h2-3,5-8,11,18-20H,1H3,(H2,13,14,15)/t5-,6+,7?,8-,11+/m0/s1. The van der Waals surface area contributed by atoms with Crippen LogP contribution in [0.4, 0.5) is 5.82 Å². The fourth-order valence-corrected chi connectivity index (χ4v) is 2.49. The molecule has 1 unspecified atom stereocenters. The van der Waals surface area contributed by atoms with Crippen LogP contribution >= 0.6 is 0 Å². The Bertz CT molecular complexity index is 736. The number of ether oxygens (including phenoxy) is 2. The molecule has 0 aliphatic carbocycles. The first kappa shape index (κ1) is 15.6. The van der Waals surface area contributed by atoms with Gasteiger partial charge >= 0.3 is 5.97 Å². The van der Waals surface area contributed by atoms with Crippen LogP contribution in [-0.4, -0.2) is 72.3 Å². The summed E-state index contributed by atoms with van der Waals surface area (Å²) < 4.78 is 11.2. The van der Waals surface area contributed by atoms with Crippen molar-refractivity contribution in [3.05, 3.63) is 12.7 Å². The van der Waals surface area contributed by atoms with E-state index in [0.29, 0.717) is 5.52 Å². The number of nitrogen functional groups attached to an aromatic ring is 1. The second-order valence-corrected chi connectivity index (χ2v) is 5.02. The van der Waals surface area contributed by atoms with Crippen LogP contribution in [-0.2, 0) is 14.3 Å². The van der Waals surface area contributed by atoms with Crippen LogP contribution in [0.3, 0.4) is 0 Å². The molecule has 11 heteroatoms. The summed E-state index contributed by atoms with van der Waals surface area (Å²) >= 11 is 0. The van der Waals surface area contributed by atoms with E-state index in [1.807, 2.05) is 0 Å². The number of rotatable bonds is 3. The Morgan fingerprint density at radius 2 is 2.13 bits per heavy atom. The lowest BCUT2D eigenvalue weighted by molar-refractivity contribution is -0.163. The van der Waals surface area contributed by atoms with Crippen LogP contribution in [0.2, 0.25) is 0 Å². The molecule has 0 aromatic carbocycles. The van der Waals surface area contributed by atoms with Gasteiger partial charge < -0.3 is 30.5 Å². The largest absolute Gasteiger partial charge is 0.467 e. The van der Waals surface area contributed by atoms with Crippen LogP contribution in [0.25, 0.3) is 11.2 Å². The number of nitrogens with two attached hydrogens (primary N) is 1. The molecule has 0 spiro atoms. The van der Waals surface area contributed by atoms with E-state index in [-0.39, 0.29) is 11.5 Å². The Labute approximate surface area is 129 Å². The molecule has 11 nitrogen and oxygen atoms in total. The Kier molecular flexibility index (Phi) is 3.85. The second kappa shape index (κ2) is 5.70. The fraction of sp³-hybridized carbons (Fsp3) is 0.500. The molecule has 0 saturated carbocycles. The highest BCUT2D eigenvalue weighted by molar-refractivity contribution is 5.81. The lowest BCUT2D eigenvalue weighted by Crippen LogP contribution is -2.43. The first-order valence-corrected chi connectivity index (χ1v) is 6.66. The predicted molar refractivity (Wildman–Crippen MR) is 73.7 cm³/mol. The molecule has 0 amide bonds. The molecular weight excluding hydrogens is 310 g/mol. The highest BCUT2D eigenvalue weighted by atomic mass is 16.6. The van der Waals surface area contributed by atoms with Gasteiger partial charge in [-0.2, -0.15) is 0 Å². The van der Waals surface area contributed by atoms with E-state index >= 15 is 0 Å². The monoisotopic (exact) mass is 325 g/mol. The van der Waals surface area contributed by atoms with Gasteiger partial charge in [0, 0.05) is 0 Å². The maximum Gasteiger partial charge on any atom is 0.337 e. The predicted octanol–water partition coefficient (Wildman–Crippen LogP) is -2.44. The van der Waals surface area contributed by atoms with Gasteiger partial charge in [0.05, 0.1) is 13.4 Å². The second-order valence-electron chi connectivity index (χ2n) is 5.02. The summed E-state index contributed by atoms with van der Waals surface area (Å²) in [4.78, 5) is 23.2. The van der Waals surface area contributed by atoms with Crippen molar-refractivity contribution in [3.63, 3.8) is 0 Å². The molecule has 5 N–H and O–H groups in total. The third-order valence-electron chi connectivity index (χ3n) is 3.69. The zero-order valence-electron chi connectivity index (χ0n) is 12.0. The number of esters is 1. The van der Waals surface area contributed by atoms with E-state index in [1.54, 1.807) is 0 Å². The van der Waals surface area contributed by atoms with Crippen LogP contribution in [0.15, 0.2) is 12.7 Å². The quantitative estimate of drug-likeness (QED) is 0.445. The number of carbonyl (C=O) groups excluding carboxylic acids is 1. The number of aliphatic hydroxyl groups excluding tert-OH is 3. The van der Waals surface area contributed by atoms with Crippen molar-refractivity contribution in [1.82, 2.24) is 19.5 Å². The molecule has 5 atom stereocenters. The molecule has 0 bridgehead atoms. The van der Waals surface area contributed by atoms with E-state index < -0.39 is 36.6 Å². The Morgan fingerprint density at radius 3 is 2.83 bits per heavy atom. The third kappa shape index (κ3) is 2.39. The Balaban J connectivity index is 1.94. The van der Waals surface area contributed by atoms with Crippen LogP contribution < -0.4 is 5.73 Å². The van der Waals surface area contributed by atoms with Gasteiger partial charge in [0.25, 0.3) is 0 Å². The number of aliphatic hydroxyl groups is 3. The number of methoxy groups -OCH3 is 1. The summed E-state index contributed by atoms with van der Waals surface area (Å²) in [6.45, 7) is 0.